The van der Waals surface area contributed by atoms with Crippen LogP contribution in [0.2, 0.25) is 5.02 Å². The summed E-state index contributed by atoms with van der Waals surface area (Å²) in [4.78, 5) is 12.4. The van der Waals surface area contributed by atoms with Gasteiger partial charge in [0.05, 0.1) is 18.0 Å². The molecule has 0 aromatic heterocycles. The Labute approximate surface area is 171 Å². The fourth-order valence-corrected chi connectivity index (χ4v) is 3.67. The monoisotopic (exact) mass is 424 g/mol. The number of halogens is 1. The van der Waals surface area contributed by atoms with Crippen molar-refractivity contribution in [2.75, 3.05) is 23.7 Å². The molecule has 0 saturated heterocycles. The molecule has 2 aromatic carbocycles. The Morgan fingerprint density at radius 3 is 2.43 bits per heavy atom. The second-order valence-electron chi connectivity index (χ2n) is 6.75. The van der Waals surface area contributed by atoms with Crippen molar-refractivity contribution < 1.29 is 17.9 Å². The van der Waals surface area contributed by atoms with Crippen molar-refractivity contribution in [3.05, 3.63) is 58.6 Å². The number of sulfonamides is 1. The fourth-order valence-electron chi connectivity index (χ4n) is 2.60. The van der Waals surface area contributed by atoms with Gasteiger partial charge in [0.25, 0.3) is 0 Å². The first-order valence-corrected chi connectivity index (χ1v) is 11.0. The molecule has 152 valence electrons. The van der Waals surface area contributed by atoms with Gasteiger partial charge in [0.2, 0.25) is 15.9 Å². The predicted octanol–water partition coefficient (Wildman–Crippen LogP) is 3.31. The van der Waals surface area contributed by atoms with Gasteiger partial charge in [0, 0.05) is 5.02 Å². The van der Waals surface area contributed by atoms with Crippen LogP contribution in [0, 0.1) is 13.8 Å². The van der Waals surface area contributed by atoms with Crippen molar-refractivity contribution in [2.45, 2.75) is 26.8 Å². The molecule has 6 nitrogen and oxygen atoms in total. The number of carbonyl (C=O) groups is 1. The summed E-state index contributed by atoms with van der Waals surface area (Å²) in [6.45, 7) is 5.42. The molecule has 0 bridgehead atoms. The Bertz CT molecular complexity index is 930. The number of hydrogen-bond donors (Lipinski definition) is 1. The predicted molar refractivity (Wildman–Crippen MR) is 113 cm³/mol. The van der Waals surface area contributed by atoms with Crippen LogP contribution in [-0.2, 0) is 14.8 Å². The lowest BCUT2D eigenvalue weighted by Crippen LogP contribution is -2.45. The molecule has 0 unspecified atom stereocenters. The number of nitrogens with zero attached hydrogens (tertiary/aromatic N) is 1. The van der Waals surface area contributed by atoms with Gasteiger partial charge in [-0.05, 0) is 50.6 Å². The summed E-state index contributed by atoms with van der Waals surface area (Å²) >= 11 is 6.10. The first kappa shape index (κ1) is 22.0. The molecule has 0 aliphatic carbocycles. The smallest absolute Gasteiger partial charge is 0.241 e. The summed E-state index contributed by atoms with van der Waals surface area (Å²) in [6, 6.07) is 12.2. The van der Waals surface area contributed by atoms with Gasteiger partial charge in [-0.3, -0.25) is 9.10 Å². The summed E-state index contributed by atoms with van der Waals surface area (Å²) in [6.07, 6.45) is 1.06. The fraction of sp³-hybridized carbons (Fsp3) is 0.350. The SMILES string of the molecule is Cc1ccc(OC[C@H](C)NC(=O)CN(c2cccc(Cl)c2C)S(C)(=O)=O)cc1. The van der Waals surface area contributed by atoms with E-state index < -0.39 is 15.9 Å². The second-order valence-corrected chi connectivity index (χ2v) is 9.06. The van der Waals surface area contributed by atoms with Crippen molar-refractivity contribution in [3.63, 3.8) is 0 Å². The van der Waals surface area contributed by atoms with Crippen LogP contribution in [0.5, 0.6) is 5.75 Å². The molecular formula is C20H25ClN2O4S. The minimum absolute atomic E-state index is 0.268. The van der Waals surface area contributed by atoms with E-state index in [2.05, 4.69) is 5.32 Å². The van der Waals surface area contributed by atoms with E-state index in [0.717, 1.165) is 16.1 Å². The Hall–Kier alpha value is -2.25. The average molecular weight is 425 g/mol. The first-order valence-electron chi connectivity index (χ1n) is 8.79. The van der Waals surface area contributed by atoms with Crippen LogP contribution in [0.3, 0.4) is 0 Å². The van der Waals surface area contributed by atoms with Gasteiger partial charge in [0.1, 0.15) is 18.9 Å². The molecule has 2 aromatic rings. The lowest BCUT2D eigenvalue weighted by molar-refractivity contribution is -0.120. The lowest BCUT2D eigenvalue weighted by atomic mass is 10.2. The molecule has 1 N–H and O–H groups in total. The summed E-state index contributed by atoms with van der Waals surface area (Å²) in [7, 11) is -3.66. The minimum atomic E-state index is -3.66. The van der Waals surface area contributed by atoms with Gasteiger partial charge in [-0.25, -0.2) is 8.42 Å². The van der Waals surface area contributed by atoms with Crippen LogP contribution < -0.4 is 14.4 Å². The minimum Gasteiger partial charge on any atom is -0.491 e. The zero-order valence-corrected chi connectivity index (χ0v) is 18.0. The Morgan fingerprint density at radius 2 is 1.82 bits per heavy atom. The normalized spacial score (nSPS) is 12.3. The average Bonchev–Trinajstić information content (AvgIpc) is 2.61. The highest BCUT2D eigenvalue weighted by Crippen LogP contribution is 2.28. The van der Waals surface area contributed by atoms with Crippen molar-refractivity contribution in [2.24, 2.45) is 0 Å². The van der Waals surface area contributed by atoms with Gasteiger partial charge < -0.3 is 10.1 Å². The van der Waals surface area contributed by atoms with Gasteiger partial charge in [-0.2, -0.15) is 0 Å². The number of rotatable bonds is 8. The maximum Gasteiger partial charge on any atom is 0.241 e. The third-order valence-corrected chi connectivity index (χ3v) is 5.66. The number of benzene rings is 2. The van der Waals surface area contributed by atoms with Crippen molar-refractivity contribution in [3.8, 4) is 5.75 Å². The highest BCUT2D eigenvalue weighted by molar-refractivity contribution is 7.92. The molecule has 0 radical (unpaired) electrons. The summed E-state index contributed by atoms with van der Waals surface area (Å²) in [5, 5.41) is 3.20. The molecule has 0 aliphatic heterocycles. The topological polar surface area (TPSA) is 75.7 Å². The molecule has 0 spiro atoms. The molecule has 0 heterocycles. The van der Waals surface area contributed by atoms with Gasteiger partial charge in [-0.15, -0.1) is 0 Å². The number of hydrogen-bond acceptors (Lipinski definition) is 4. The highest BCUT2D eigenvalue weighted by atomic mass is 35.5. The second kappa shape index (κ2) is 9.30. The van der Waals surface area contributed by atoms with Crippen molar-refractivity contribution in [1.29, 1.82) is 0 Å². The third-order valence-electron chi connectivity index (χ3n) is 4.12. The van der Waals surface area contributed by atoms with Crippen LogP contribution in [0.1, 0.15) is 18.1 Å². The molecule has 28 heavy (non-hydrogen) atoms. The molecule has 1 amide bonds. The Kier molecular flexibility index (Phi) is 7.32. The van der Waals surface area contributed by atoms with E-state index in [4.69, 9.17) is 16.3 Å². The van der Waals surface area contributed by atoms with Crippen LogP contribution >= 0.6 is 11.6 Å². The van der Waals surface area contributed by atoms with Crippen molar-refractivity contribution in [1.82, 2.24) is 5.32 Å². The van der Waals surface area contributed by atoms with Crippen LogP contribution in [-0.4, -0.2) is 39.8 Å². The number of nitrogens with one attached hydrogen (secondary N) is 1. The molecule has 1 atom stereocenters. The standard InChI is InChI=1S/C20H25ClN2O4S/c1-14-8-10-17(11-9-14)27-13-15(2)22-20(24)12-23(28(4,25)26)19-7-5-6-18(21)16(19)3/h5-11,15H,12-13H2,1-4H3,(H,22,24)/t15-/m0/s1. The zero-order valence-electron chi connectivity index (χ0n) is 16.4. The van der Waals surface area contributed by atoms with Crippen LogP contribution in [0.15, 0.2) is 42.5 Å². The van der Waals surface area contributed by atoms with Gasteiger partial charge in [0.15, 0.2) is 0 Å². The molecule has 0 aliphatic rings. The molecule has 0 saturated carbocycles. The summed E-state index contributed by atoms with van der Waals surface area (Å²) < 4.78 is 31.2. The first-order chi connectivity index (χ1) is 13.1. The maximum atomic E-state index is 12.4. The third kappa shape index (κ3) is 6.14. The van der Waals surface area contributed by atoms with Crippen molar-refractivity contribution >= 4 is 33.2 Å². The lowest BCUT2D eigenvalue weighted by Gasteiger charge is -2.25. The van der Waals surface area contributed by atoms with Gasteiger partial charge in [-0.1, -0.05) is 35.4 Å². The maximum absolute atomic E-state index is 12.4. The Balaban J connectivity index is 2.01. The number of ether oxygens (including phenoxy) is 1. The van der Waals surface area contributed by atoms with E-state index in [-0.39, 0.29) is 19.2 Å². The summed E-state index contributed by atoms with van der Waals surface area (Å²) in [5.41, 5.74) is 2.11. The van der Waals surface area contributed by atoms with E-state index in [9.17, 15) is 13.2 Å². The molecule has 8 heteroatoms. The highest BCUT2D eigenvalue weighted by Gasteiger charge is 2.23. The molecular weight excluding hydrogens is 400 g/mol. The molecule has 0 fully saturated rings. The zero-order chi connectivity index (χ0) is 20.9. The van der Waals surface area contributed by atoms with Gasteiger partial charge >= 0.3 is 0 Å². The summed E-state index contributed by atoms with van der Waals surface area (Å²) in [5.74, 6) is 0.281. The largest absolute Gasteiger partial charge is 0.491 e. The van der Waals surface area contributed by atoms with Crippen LogP contribution in [0.4, 0.5) is 5.69 Å². The number of anilines is 1. The van der Waals surface area contributed by atoms with E-state index in [1.54, 1.807) is 32.0 Å². The quantitative estimate of drug-likeness (QED) is 0.705. The van der Waals surface area contributed by atoms with E-state index in [1.807, 2.05) is 31.2 Å². The van der Waals surface area contributed by atoms with E-state index in [1.165, 1.54) is 0 Å². The number of aryl methyl sites for hydroxylation is 1. The van der Waals surface area contributed by atoms with E-state index >= 15 is 0 Å². The van der Waals surface area contributed by atoms with Crippen LogP contribution in [0.25, 0.3) is 0 Å². The van der Waals surface area contributed by atoms with E-state index in [0.29, 0.717) is 22.0 Å². The molecule has 2 rings (SSSR count). The number of amides is 1. The number of carbonyl (C=O) groups excluding carboxylic acids is 1. The Morgan fingerprint density at radius 1 is 1.18 bits per heavy atom.